The molecule has 0 saturated carbocycles. The molecule has 1 saturated heterocycles. The summed E-state index contributed by atoms with van der Waals surface area (Å²) in [6.45, 7) is 6.62. The zero-order valence-electron chi connectivity index (χ0n) is 12.0. The highest BCUT2D eigenvalue weighted by Gasteiger charge is 2.17. The van der Waals surface area contributed by atoms with Crippen LogP contribution in [0.25, 0.3) is 0 Å². The summed E-state index contributed by atoms with van der Waals surface area (Å²) in [7, 11) is 1.99. The summed E-state index contributed by atoms with van der Waals surface area (Å²) in [5.41, 5.74) is -0.0829. The molecule has 2 rings (SSSR count). The maximum Gasteiger partial charge on any atom is 0.252 e. The van der Waals surface area contributed by atoms with E-state index >= 15 is 0 Å². The van der Waals surface area contributed by atoms with E-state index in [2.05, 4.69) is 14.9 Å². The lowest BCUT2D eigenvalue weighted by atomic mass is 10.0. The van der Waals surface area contributed by atoms with Crippen LogP contribution in [0.3, 0.4) is 0 Å². The molecule has 5 heteroatoms. The Morgan fingerprint density at radius 1 is 1.58 bits per heavy atom. The van der Waals surface area contributed by atoms with Crippen LogP contribution in [0.4, 0.5) is 5.82 Å². The Morgan fingerprint density at radius 2 is 2.37 bits per heavy atom. The van der Waals surface area contributed by atoms with Gasteiger partial charge in [-0.15, -0.1) is 0 Å². The van der Waals surface area contributed by atoms with E-state index in [9.17, 15) is 4.79 Å². The van der Waals surface area contributed by atoms with Crippen molar-refractivity contribution in [3.05, 3.63) is 22.2 Å². The quantitative estimate of drug-likeness (QED) is 0.901. The number of hydrogen-bond acceptors (Lipinski definition) is 4. The SMILES string of the molecule is CC(C)c1nc(N(C)CC2CCCOC2)cc(=O)[nH]1. The molecule has 1 fully saturated rings. The standard InChI is InChI=1S/C14H23N3O2/c1-10(2)14-15-12(7-13(18)16-14)17(3)8-11-5-4-6-19-9-11/h7,10-11H,4-6,8-9H2,1-3H3,(H,15,16,18). The van der Waals surface area contributed by atoms with Crippen molar-refractivity contribution in [3.8, 4) is 0 Å². The fourth-order valence-corrected chi connectivity index (χ4v) is 2.36. The minimum Gasteiger partial charge on any atom is -0.381 e. The van der Waals surface area contributed by atoms with Gasteiger partial charge in [0.25, 0.3) is 5.56 Å². The van der Waals surface area contributed by atoms with E-state index in [1.807, 2.05) is 20.9 Å². The number of H-pyrrole nitrogens is 1. The summed E-state index contributed by atoms with van der Waals surface area (Å²) in [5.74, 6) is 2.24. The van der Waals surface area contributed by atoms with Crippen LogP contribution < -0.4 is 10.5 Å². The number of rotatable bonds is 4. The first-order chi connectivity index (χ1) is 9.06. The average molecular weight is 265 g/mol. The van der Waals surface area contributed by atoms with E-state index in [1.54, 1.807) is 6.07 Å². The lowest BCUT2D eigenvalue weighted by Crippen LogP contribution is -2.32. The van der Waals surface area contributed by atoms with Crippen molar-refractivity contribution in [1.82, 2.24) is 9.97 Å². The first kappa shape index (κ1) is 14.1. The molecule has 106 valence electrons. The highest BCUT2D eigenvalue weighted by Crippen LogP contribution is 2.18. The molecule has 5 nitrogen and oxygen atoms in total. The van der Waals surface area contributed by atoms with E-state index in [1.165, 1.54) is 6.42 Å². The zero-order valence-corrected chi connectivity index (χ0v) is 12.0. The lowest BCUT2D eigenvalue weighted by Gasteiger charge is -2.27. The summed E-state index contributed by atoms with van der Waals surface area (Å²) in [5, 5.41) is 0. The summed E-state index contributed by atoms with van der Waals surface area (Å²) < 4.78 is 5.49. The van der Waals surface area contributed by atoms with E-state index < -0.39 is 0 Å². The van der Waals surface area contributed by atoms with Crippen LogP contribution >= 0.6 is 0 Å². The third-order valence-corrected chi connectivity index (χ3v) is 3.47. The van der Waals surface area contributed by atoms with Crippen molar-refractivity contribution in [3.63, 3.8) is 0 Å². The van der Waals surface area contributed by atoms with Crippen LogP contribution in [0.2, 0.25) is 0 Å². The topological polar surface area (TPSA) is 58.2 Å². The van der Waals surface area contributed by atoms with Gasteiger partial charge in [-0.3, -0.25) is 4.79 Å². The van der Waals surface area contributed by atoms with E-state index in [0.717, 1.165) is 37.8 Å². The van der Waals surface area contributed by atoms with Gasteiger partial charge >= 0.3 is 0 Å². The van der Waals surface area contributed by atoms with Gasteiger partial charge in [0.15, 0.2) is 0 Å². The number of ether oxygens (including phenoxy) is 1. The van der Waals surface area contributed by atoms with Gasteiger partial charge in [0.1, 0.15) is 11.6 Å². The second kappa shape index (κ2) is 6.19. The highest BCUT2D eigenvalue weighted by molar-refractivity contribution is 5.36. The van der Waals surface area contributed by atoms with E-state index in [-0.39, 0.29) is 11.5 Å². The number of hydrogen-bond donors (Lipinski definition) is 1. The molecule has 0 bridgehead atoms. The maximum absolute atomic E-state index is 11.7. The molecule has 1 aromatic rings. The van der Waals surface area contributed by atoms with Gasteiger partial charge in [0.2, 0.25) is 0 Å². The second-order valence-corrected chi connectivity index (χ2v) is 5.61. The summed E-state index contributed by atoms with van der Waals surface area (Å²) in [4.78, 5) is 21.0. The fourth-order valence-electron chi connectivity index (χ4n) is 2.36. The number of anilines is 1. The first-order valence-electron chi connectivity index (χ1n) is 6.96. The lowest BCUT2D eigenvalue weighted by molar-refractivity contribution is 0.0576. The molecule has 0 spiro atoms. The van der Waals surface area contributed by atoms with E-state index in [4.69, 9.17) is 4.74 Å². The highest BCUT2D eigenvalue weighted by atomic mass is 16.5. The molecule has 1 aliphatic heterocycles. The molecule has 19 heavy (non-hydrogen) atoms. The molecule has 0 radical (unpaired) electrons. The largest absolute Gasteiger partial charge is 0.381 e. The smallest absolute Gasteiger partial charge is 0.252 e. The number of nitrogens with one attached hydrogen (secondary N) is 1. The first-order valence-corrected chi connectivity index (χ1v) is 6.96. The third-order valence-electron chi connectivity index (χ3n) is 3.47. The second-order valence-electron chi connectivity index (χ2n) is 5.61. The Morgan fingerprint density at radius 3 is 3.00 bits per heavy atom. The molecule has 0 amide bonds. The minimum atomic E-state index is -0.0829. The van der Waals surface area contributed by atoms with Gasteiger partial charge in [-0.05, 0) is 18.8 Å². The Labute approximate surface area is 114 Å². The molecule has 2 heterocycles. The van der Waals surface area contributed by atoms with Crippen molar-refractivity contribution < 1.29 is 4.74 Å². The van der Waals surface area contributed by atoms with E-state index in [0.29, 0.717) is 5.92 Å². The molecule has 1 N–H and O–H groups in total. The third kappa shape index (κ3) is 3.80. The van der Waals surface area contributed by atoms with Crippen LogP contribution in [0.5, 0.6) is 0 Å². The monoisotopic (exact) mass is 265 g/mol. The molecule has 1 aliphatic rings. The Bertz CT molecular complexity index is 464. The molecule has 1 atom stereocenters. The molecule has 0 aliphatic carbocycles. The summed E-state index contributed by atoms with van der Waals surface area (Å²) in [6.07, 6.45) is 2.31. The van der Waals surface area contributed by atoms with Gasteiger partial charge < -0.3 is 14.6 Å². The van der Waals surface area contributed by atoms with Crippen LogP contribution in [0.15, 0.2) is 10.9 Å². The number of aromatic amines is 1. The van der Waals surface area contributed by atoms with Crippen LogP contribution in [-0.4, -0.2) is 36.8 Å². The van der Waals surface area contributed by atoms with Gasteiger partial charge in [-0.2, -0.15) is 0 Å². The zero-order chi connectivity index (χ0) is 13.8. The van der Waals surface area contributed by atoms with Gasteiger partial charge in [-0.25, -0.2) is 4.98 Å². The minimum absolute atomic E-state index is 0.0829. The molecular weight excluding hydrogens is 242 g/mol. The average Bonchev–Trinajstić information content (AvgIpc) is 2.39. The van der Waals surface area contributed by atoms with Crippen LogP contribution in [0, 0.1) is 5.92 Å². The Hall–Kier alpha value is -1.36. The Kier molecular flexibility index (Phi) is 4.58. The van der Waals surface area contributed by atoms with Crippen molar-refractivity contribution in [2.24, 2.45) is 5.92 Å². The van der Waals surface area contributed by atoms with Crippen molar-refractivity contribution in [2.45, 2.75) is 32.6 Å². The van der Waals surface area contributed by atoms with Gasteiger partial charge in [0.05, 0.1) is 6.61 Å². The number of aromatic nitrogens is 2. The molecule has 0 aromatic carbocycles. The summed E-state index contributed by atoms with van der Waals surface area (Å²) >= 11 is 0. The Balaban J connectivity index is 2.09. The van der Waals surface area contributed by atoms with Crippen molar-refractivity contribution in [1.29, 1.82) is 0 Å². The van der Waals surface area contributed by atoms with Crippen molar-refractivity contribution >= 4 is 5.82 Å². The normalized spacial score (nSPS) is 19.7. The number of nitrogens with zero attached hydrogens (tertiary/aromatic N) is 2. The van der Waals surface area contributed by atoms with Crippen molar-refractivity contribution in [2.75, 3.05) is 31.7 Å². The predicted octanol–water partition coefficient (Wildman–Crippen LogP) is 1.76. The summed E-state index contributed by atoms with van der Waals surface area (Å²) in [6, 6.07) is 1.57. The molecule has 1 unspecified atom stereocenters. The van der Waals surface area contributed by atoms with Gasteiger partial charge in [-0.1, -0.05) is 13.8 Å². The predicted molar refractivity (Wildman–Crippen MR) is 75.8 cm³/mol. The molecule has 1 aromatic heterocycles. The fraction of sp³-hybridized carbons (Fsp3) is 0.714. The molecular formula is C14H23N3O2. The van der Waals surface area contributed by atoms with Crippen LogP contribution in [-0.2, 0) is 4.74 Å². The van der Waals surface area contributed by atoms with Gasteiger partial charge in [0, 0.05) is 32.2 Å². The maximum atomic E-state index is 11.7. The van der Waals surface area contributed by atoms with Crippen LogP contribution in [0.1, 0.15) is 38.4 Å².